The van der Waals surface area contributed by atoms with E-state index in [-0.39, 0.29) is 0 Å². The van der Waals surface area contributed by atoms with Crippen LogP contribution in [-0.2, 0) is 0 Å². The van der Waals surface area contributed by atoms with Crippen LogP contribution >= 0.6 is 15.9 Å². The molecule has 0 bridgehead atoms. The lowest BCUT2D eigenvalue weighted by molar-refractivity contribution is 0.419. The Bertz CT molecular complexity index is 482. The number of fused-ring (bicyclic) bond motifs is 1. The van der Waals surface area contributed by atoms with Gasteiger partial charge in [-0.05, 0) is 34.5 Å². The summed E-state index contributed by atoms with van der Waals surface area (Å²) >= 11 is 3.46. The number of benzene rings is 1. The summed E-state index contributed by atoms with van der Waals surface area (Å²) in [4.78, 5) is 4.34. The van der Waals surface area contributed by atoms with Crippen LogP contribution in [0.1, 0.15) is 5.56 Å². The minimum atomic E-state index is 0.818. The van der Waals surface area contributed by atoms with Crippen molar-refractivity contribution in [2.45, 2.75) is 6.92 Å². The molecule has 0 aliphatic carbocycles. The molecule has 0 radical (unpaired) electrons. The zero-order valence-corrected chi connectivity index (χ0v) is 9.63. The third-order valence-electron chi connectivity index (χ3n) is 2.29. The lowest BCUT2D eigenvalue weighted by Gasteiger charge is -2.07. The van der Waals surface area contributed by atoms with Crippen molar-refractivity contribution in [3.63, 3.8) is 0 Å². The second-order valence-electron chi connectivity index (χ2n) is 3.09. The third-order valence-corrected chi connectivity index (χ3v) is 3.09. The van der Waals surface area contributed by atoms with Gasteiger partial charge in [0.1, 0.15) is 11.3 Å². The summed E-state index contributed by atoms with van der Waals surface area (Å²) in [7, 11) is 1.66. The van der Waals surface area contributed by atoms with Crippen LogP contribution < -0.4 is 4.74 Å². The summed E-state index contributed by atoms with van der Waals surface area (Å²) < 4.78 is 6.27. The van der Waals surface area contributed by atoms with Crippen LogP contribution in [0.15, 0.2) is 28.9 Å². The standard InChI is InChI=1S/C11H10BrNO/c1-7-8-4-3-5-10(14-2)11(8)13-6-9(7)12/h3-6H,1-2H3. The fraction of sp³-hybridized carbons (Fsp3) is 0.182. The topological polar surface area (TPSA) is 22.1 Å². The number of aryl methyl sites for hydroxylation is 1. The molecule has 2 aromatic rings. The predicted molar refractivity (Wildman–Crippen MR) is 60.7 cm³/mol. The molecule has 72 valence electrons. The highest BCUT2D eigenvalue weighted by molar-refractivity contribution is 9.10. The molecule has 0 atom stereocenters. The highest BCUT2D eigenvalue weighted by Crippen LogP contribution is 2.29. The van der Waals surface area contributed by atoms with E-state index >= 15 is 0 Å². The maximum absolute atomic E-state index is 5.24. The maximum Gasteiger partial charge on any atom is 0.145 e. The number of aromatic nitrogens is 1. The number of nitrogens with zero attached hydrogens (tertiary/aromatic N) is 1. The van der Waals surface area contributed by atoms with Crippen LogP contribution in [0.3, 0.4) is 0 Å². The number of hydrogen-bond acceptors (Lipinski definition) is 2. The highest BCUT2D eigenvalue weighted by Gasteiger charge is 2.06. The van der Waals surface area contributed by atoms with Gasteiger partial charge >= 0.3 is 0 Å². The summed E-state index contributed by atoms with van der Waals surface area (Å²) in [6.45, 7) is 2.06. The monoisotopic (exact) mass is 251 g/mol. The van der Waals surface area contributed by atoms with Gasteiger partial charge in [0.15, 0.2) is 0 Å². The number of ether oxygens (including phenoxy) is 1. The van der Waals surface area contributed by atoms with E-state index in [9.17, 15) is 0 Å². The number of halogens is 1. The molecule has 1 aromatic carbocycles. The molecule has 0 saturated carbocycles. The molecule has 0 aliphatic heterocycles. The lowest BCUT2D eigenvalue weighted by atomic mass is 10.1. The number of hydrogen-bond donors (Lipinski definition) is 0. The van der Waals surface area contributed by atoms with Crippen molar-refractivity contribution in [1.29, 1.82) is 0 Å². The van der Waals surface area contributed by atoms with Crippen LogP contribution in [0.5, 0.6) is 5.75 Å². The van der Waals surface area contributed by atoms with E-state index in [1.165, 1.54) is 5.56 Å². The smallest absolute Gasteiger partial charge is 0.145 e. The van der Waals surface area contributed by atoms with E-state index in [4.69, 9.17) is 4.74 Å². The second-order valence-corrected chi connectivity index (χ2v) is 3.94. The first kappa shape index (κ1) is 9.46. The minimum absolute atomic E-state index is 0.818. The molecule has 0 amide bonds. The Hall–Kier alpha value is -1.09. The van der Waals surface area contributed by atoms with Gasteiger partial charge in [-0.25, -0.2) is 0 Å². The van der Waals surface area contributed by atoms with Crippen molar-refractivity contribution in [3.05, 3.63) is 34.4 Å². The van der Waals surface area contributed by atoms with Gasteiger partial charge in [0, 0.05) is 16.1 Å². The molecule has 0 N–H and O–H groups in total. The molecule has 1 heterocycles. The Labute approximate surface area is 91.0 Å². The van der Waals surface area contributed by atoms with Crippen LogP contribution in [0.25, 0.3) is 10.9 Å². The summed E-state index contributed by atoms with van der Waals surface area (Å²) in [5.41, 5.74) is 2.10. The molecule has 14 heavy (non-hydrogen) atoms. The fourth-order valence-electron chi connectivity index (χ4n) is 1.47. The number of rotatable bonds is 1. The van der Waals surface area contributed by atoms with E-state index in [1.54, 1.807) is 13.3 Å². The Morgan fingerprint density at radius 3 is 2.86 bits per heavy atom. The van der Waals surface area contributed by atoms with Gasteiger partial charge in [-0.1, -0.05) is 12.1 Å². The first-order chi connectivity index (χ1) is 6.74. The van der Waals surface area contributed by atoms with Gasteiger partial charge in [0.25, 0.3) is 0 Å². The molecule has 0 aliphatic rings. The Morgan fingerprint density at radius 2 is 2.14 bits per heavy atom. The Kier molecular flexibility index (Phi) is 2.42. The van der Waals surface area contributed by atoms with E-state index in [0.717, 1.165) is 21.1 Å². The third kappa shape index (κ3) is 1.38. The molecular formula is C11H10BrNO. The van der Waals surface area contributed by atoms with Gasteiger partial charge in [0.05, 0.1) is 7.11 Å². The van der Waals surface area contributed by atoms with Gasteiger partial charge in [-0.15, -0.1) is 0 Å². The molecule has 0 saturated heterocycles. The average Bonchev–Trinajstić information content (AvgIpc) is 2.23. The van der Waals surface area contributed by atoms with E-state index < -0.39 is 0 Å². The summed E-state index contributed by atoms with van der Waals surface area (Å²) in [6, 6.07) is 5.94. The SMILES string of the molecule is COc1cccc2c(C)c(Br)cnc12. The Balaban J connectivity index is 2.86. The quantitative estimate of drug-likeness (QED) is 0.776. The van der Waals surface area contributed by atoms with Crippen molar-refractivity contribution >= 4 is 26.8 Å². The van der Waals surface area contributed by atoms with Gasteiger partial charge < -0.3 is 4.74 Å². The lowest BCUT2D eigenvalue weighted by Crippen LogP contribution is -1.89. The van der Waals surface area contributed by atoms with Crippen molar-refractivity contribution in [2.24, 2.45) is 0 Å². The Morgan fingerprint density at radius 1 is 1.36 bits per heavy atom. The zero-order chi connectivity index (χ0) is 10.1. The molecule has 0 fully saturated rings. The molecule has 2 nitrogen and oxygen atoms in total. The molecule has 0 spiro atoms. The van der Waals surface area contributed by atoms with Crippen molar-refractivity contribution in [2.75, 3.05) is 7.11 Å². The largest absolute Gasteiger partial charge is 0.494 e. The van der Waals surface area contributed by atoms with Crippen molar-refractivity contribution in [1.82, 2.24) is 4.98 Å². The first-order valence-corrected chi connectivity index (χ1v) is 5.11. The fourth-order valence-corrected chi connectivity index (χ4v) is 1.79. The minimum Gasteiger partial charge on any atom is -0.494 e. The van der Waals surface area contributed by atoms with Crippen LogP contribution in [0.4, 0.5) is 0 Å². The normalized spacial score (nSPS) is 10.5. The second kappa shape index (κ2) is 3.58. The molecule has 1 aromatic heterocycles. The van der Waals surface area contributed by atoms with Crippen LogP contribution in [-0.4, -0.2) is 12.1 Å². The zero-order valence-electron chi connectivity index (χ0n) is 8.04. The number of para-hydroxylation sites is 1. The van der Waals surface area contributed by atoms with Gasteiger partial charge in [-0.3, -0.25) is 4.98 Å². The van der Waals surface area contributed by atoms with E-state index in [1.807, 2.05) is 18.2 Å². The van der Waals surface area contributed by atoms with E-state index in [2.05, 4.69) is 27.8 Å². The maximum atomic E-state index is 5.24. The predicted octanol–water partition coefficient (Wildman–Crippen LogP) is 3.31. The van der Waals surface area contributed by atoms with Gasteiger partial charge in [0.2, 0.25) is 0 Å². The average molecular weight is 252 g/mol. The van der Waals surface area contributed by atoms with E-state index in [0.29, 0.717) is 0 Å². The number of methoxy groups -OCH3 is 1. The molecule has 0 unspecified atom stereocenters. The summed E-state index contributed by atoms with van der Waals surface area (Å²) in [6.07, 6.45) is 1.81. The molecule has 3 heteroatoms. The summed E-state index contributed by atoms with van der Waals surface area (Å²) in [5, 5.41) is 1.12. The summed E-state index contributed by atoms with van der Waals surface area (Å²) in [5.74, 6) is 0.818. The van der Waals surface area contributed by atoms with Crippen molar-refractivity contribution < 1.29 is 4.74 Å². The number of pyridine rings is 1. The van der Waals surface area contributed by atoms with Crippen LogP contribution in [0, 0.1) is 6.92 Å². The molecule has 2 rings (SSSR count). The first-order valence-electron chi connectivity index (χ1n) is 4.32. The highest BCUT2D eigenvalue weighted by atomic mass is 79.9. The molecular weight excluding hydrogens is 242 g/mol. The van der Waals surface area contributed by atoms with Crippen molar-refractivity contribution in [3.8, 4) is 5.75 Å². The van der Waals surface area contributed by atoms with Gasteiger partial charge in [-0.2, -0.15) is 0 Å². The van der Waals surface area contributed by atoms with Crippen LogP contribution in [0.2, 0.25) is 0 Å².